The van der Waals surface area contributed by atoms with E-state index in [0.29, 0.717) is 13.2 Å². The summed E-state index contributed by atoms with van der Waals surface area (Å²) in [6, 6.07) is 5.99. The van der Waals surface area contributed by atoms with Gasteiger partial charge in [0.2, 0.25) is 0 Å². The maximum absolute atomic E-state index is 13.0. The largest absolute Gasteiger partial charge is 0.394 e. The first-order valence-electron chi connectivity index (χ1n) is 8.84. The van der Waals surface area contributed by atoms with E-state index in [2.05, 4.69) is 4.98 Å². The second-order valence-electron chi connectivity index (χ2n) is 6.99. The summed E-state index contributed by atoms with van der Waals surface area (Å²) in [5.41, 5.74) is 4.57. The minimum Gasteiger partial charge on any atom is -0.394 e. The van der Waals surface area contributed by atoms with Crippen molar-refractivity contribution in [3.05, 3.63) is 35.0 Å². The van der Waals surface area contributed by atoms with Crippen LogP contribution in [-0.4, -0.2) is 52.8 Å². The first kappa shape index (κ1) is 15.7. The van der Waals surface area contributed by atoms with E-state index in [1.165, 1.54) is 29.5 Å². The van der Waals surface area contributed by atoms with E-state index in [1.54, 1.807) is 0 Å². The summed E-state index contributed by atoms with van der Waals surface area (Å²) < 4.78 is 5.54. The van der Waals surface area contributed by atoms with Gasteiger partial charge in [0.05, 0.1) is 25.4 Å². The van der Waals surface area contributed by atoms with Gasteiger partial charge in [0.15, 0.2) is 0 Å². The summed E-state index contributed by atoms with van der Waals surface area (Å²) in [6.45, 7) is 2.85. The predicted octanol–water partition coefficient (Wildman–Crippen LogP) is 2.27. The highest BCUT2D eigenvalue weighted by molar-refractivity contribution is 5.99. The summed E-state index contributed by atoms with van der Waals surface area (Å²) in [5.74, 6) is 0.0249. The first-order chi connectivity index (χ1) is 11.7. The third-order valence-electron chi connectivity index (χ3n) is 5.32. The van der Waals surface area contributed by atoms with Gasteiger partial charge in [-0.3, -0.25) is 4.79 Å². The number of hydrogen-bond donors (Lipinski definition) is 2. The van der Waals surface area contributed by atoms with E-state index >= 15 is 0 Å². The Hall–Kier alpha value is -1.85. The van der Waals surface area contributed by atoms with Gasteiger partial charge >= 0.3 is 0 Å². The molecule has 0 radical (unpaired) electrons. The SMILES string of the molecule is CC1COC(CO)CN1C(=O)c1ccc2[nH]c3c(c2c1)CCCC3. The lowest BCUT2D eigenvalue weighted by atomic mass is 9.95. The van der Waals surface area contributed by atoms with Gasteiger partial charge < -0.3 is 19.7 Å². The summed E-state index contributed by atoms with van der Waals surface area (Å²) in [6.07, 6.45) is 4.37. The zero-order valence-electron chi connectivity index (χ0n) is 14.0. The van der Waals surface area contributed by atoms with Crippen molar-refractivity contribution in [3.8, 4) is 0 Å². The number of aromatic amines is 1. The minimum absolute atomic E-state index is 0.0242. The molecule has 0 spiro atoms. The lowest BCUT2D eigenvalue weighted by Crippen LogP contribution is -2.52. The van der Waals surface area contributed by atoms with Crippen molar-refractivity contribution >= 4 is 16.8 Å². The minimum atomic E-state index is -0.283. The topological polar surface area (TPSA) is 65.6 Å². The van der Waals surface area contributed by atoms with E-state index in [-0.39, 0.29) is 24.7 Å². The number of H-pyrrole nitrogens is 1. The standard InChI is InChI=1S/C19H24N2O3/c1-12-11-24-14(10-22)9-21(12)19(23)13-6-7-18-16(8-13)15-4-2-3-5-17(15)20-18/h6-8,12,14,20,22H,2-5,9-11H2,1H3. The normalized spacial score (nSPS) is 24.2. The van der Waals surface area contributed by atoms with Crippen LogP contribution in [0.4, 0.5) is 0 Å². The number of ether oxygens (including phenoxy) is 1. The lowest BCUT2D eigenvalue weighted by Gasteiger charge is -2.37. The third-order valence-corrected chi connectivity index (χ3v) is 5.32. The van der Waals surface area contributed by atoms with Gasteiger partial charge in [-0.15, -0.1) is 0 Å². The van der Waals surface area contributed by atoms with Crippen molar-refractivity contribution in [1.82, 2.24) is 9.88 Å². The van der Waals surface area contributed by atoms with Gasteiger partial charge in [-0.25, -0.2) is 0 Å². The number of aromatic nitrogens is 1. The van der Waals surface area contributed by atoms with Crippen LogP contribution < -0.4 is 0 Å². The third kappa shape index (κ3) is 2.62. The molecular weight excluding hydrogens is 304 g/mol. The maximum atomic E-state index is 13.0. The van der Waals surface area contributed by atoms with Crippen LogP contribution in [-0.2, 0) is 17.6 Å². The number of nitrogens with one attached hydrogen (secondary N) is 1. The summed E-state index contributed by atoms with van der Waals surface area (Å²) in [5, 5.41) is 10.5. The Balaban J connectivity index is 1.66. The maximum Gasteiger partial charge on any atom is 0.254 e. The van der Waals surface area contributed by atoms with Crippen molar-refractivity contribution in [2.45, 2.75) is 44.8 Å². The fourth-order valence-corrected chi connectivity index (χ4v) is 3.92. The smallest absolute Gasteiger partial charge is 0.254 e. The van der Waals surface area contributed by atoms with E-state index in [9.17, 15) is 9.90 Å². The number of hydrogen-bond acceptors (Lipinski definition) is 3. The number of fused-ring (bicyclic) bond motifs is 3. The van der Waals surface area contributed by atoms with Crippen molar-refractivity contribution in [2.24, 2.45) is 0 Å². The Morgan fingerprint density at radius 1 is 1.38 bits per heavy atom. The van der Waals surface area contributed by atoms with Crippen molar-refractivity contribution in [3.63, 3.8) is 0 Å². The number of carbonyl (C=O) groups excluding carboxylic acids is 1. The quantitative estimate of drug-likeness (QED) is 0.889. The molecule has 0 bridgehead atoms. The Morgan fingerprint density at radius 2 is 2.21 bits per heavy atom. The molecule has 2 heterocycles. The molecule has 2 aromatic rings. The van der Waals surface area contributed by atoms with Crippen LogP contribution in [0.1, 0.15) is 41.4 Å². The molecule has 128 valence electrons. The number of rotatable bonds is 2. The zero-order chi connectivity index (χ0) is 16.7. The van der Waals surface area contributed by atoms with Crippen LogP contribution in [0, 0.1) is 0 Å². The molecule has 1 aromatic carbocycles. The number of benzene rings is 1. The zero-order valence-corrected chi connectivity index (χ0v) is 14.0. The number of morpholine rings is 1. The van der Waals surface area contributed by atoms with Crippen molar-refractivity contribution in [1.29, 1.82) is 0 Å². The molecule has 2 N–H and O–H groups in total. The highest BCUT2D eigenvalue weighted by Crippen LogP contribution is 2.30. The van der Waals surface area contributed by atoms with Gasteiger partial charge in [0.25, 0.3) is 5.91 Å². The average Bonchev–Trinajstić information content (AvgIpc) is 2.99. The molecule has 1 amide bonds. The highest BCUT2D eigenvalue weighted by Gasteiger charge is 2.30. The molecule has 1 aliphatic heterocycles. The molecule has 2 unspecified atom stereocenters. The number of amides is 1. The van der Waals surface area contributed by atoms with Gasteiger partial charge in [-0.05, 0) is 56.4 Å². The molecule has 2 atom stereocenters. The molecule has 1 saturated heterocycles. The number of nitrogens with zero attached hydrogens (tertiary/aromatic N) is 1. The van der Waals surface area contributed by atoms with Crippen LogP contribution in [0.15, 0.2) is 18.2 Å². The Kier molecular flexibility index (Phi) is 4.06. The van der Waals surface area contributed by atoms with E-state index in [0.717, 1.165) is 23.9 Å². The number of carbonyl (C=O) groups is 1. The second-order valence-corrected chi connectivity index (χ2v) is 6.99. The first-order valence-corrected chi connectivity index (χ1v) is 8.84. The molecule has 1 aromatic heterocycles. The molecule has 5 heteroatoms. The van der Waals surface area contributed by atoms with Gasteiger partial charge in [0, 0.05) is 28.7 Å². The molecule has 1 aliphatic carbocycles. The molecule has 1 fully saturated rings. The molecular formula is C19H24N2O3. The fraction of sp³-hybridized carbons (Fsp3) is 0.526. The molecule has 0 saturated carbocycles. The summed E-state index contributed by atoms with van der Waals surface area (Å²) >= 11 is 0. The summed E-state index contributed by atoms with van der Waals surface area (Å²) in [7, 11) is 0. The Bertz CT molecular complexity index is 767. The molecule has 5 nitrogen and oxygen atoms in total. The Labute approximate surface area is 141 Å². The van der Waals surface area contributed by atoms with Gasteiger partial charge in [0.1, 0.15) is 0 Å². The van der Waals surface area contributed by atoms with Gasteiger partial charge in [-0.2, -0.15) is 0 Å². The molecule has 4 rings (SSSR count). The highest BCUT2D eigenvalue weighted by atomic mass is 16.5. The lowest BCUT2D eigenvalue weighted by molar-refractivity contribution is -0.0667. The van der Waals surface area contributed by atoms with Crippen molar-refractivity contribution < 1.29 is 14.6 Å². The number of aliphatic hydroxyl groups is 1. The predicted molar refractivity (Wildman–Crippen MR) is 92.3 cm³/mol. The second kappa shape index (κ2) is 6.22. The molecule has 24 heavy (non-hydrogen) atoms. The Morgan fingerprint density at radius 3 is 3.04 bits per heavy atom. The molecule has 2 aliphatic rings. The van der Waals surface area contributed by atoms with E-state index < -0.39 is 0 Å². The number of aliphatic hydroxyl groups excluding tert-OH is 1. The monoisotopic (exact) mass is 328 g/mol. The average molecular weight is 328 g/mol. The fourth-order valence-electron chi connectivity index (χ4n) is 3.92. The van der Waals surface area contributed by atoms with E-state index in [1.807, 2.05) is 30.0 Å². The van der Waals surface area contributed by atoms with Crippen LogP contribution >= 0.6 is 0 Å². The van der Waals surface area contributed by atoms with Crippen LogP contribution in [0.3, 0.4) is 0 Å². The van der Waals surface area contributed by atoms with Crippen LogP contribution in [0.5, 0.6) is 0 Å². The van der Waals surface area contributed by atoms with Crippen molar-refractivity contribution in [2.75, 3.05) is 19.8 Å². The summed E-state index contributed by atoms with van der Waals surface area (Å²) in [4.78, 5) is 18.3. The number of aryl methyl sites for hydroxylation is 2. The van der Waals surface area contributed by atoms with Gasteiger partial charge in [-0.1, -0.05) is 0 Å². The van der Waals surface area contributed by atoms with E-state index in [4.69, 9.17) is 4.74 Å². The van der Waals surface area contributed by atoms with Crippen LogP contribution in [0.2, 0.25) is 0 Å². The van der Waals surface area contributed by atoms with Crippen LogP contribution in [0.25, 0.3) is 10.9 Å².